The number of methoxy groups -OCH3 is 1. The molecular formula is C19H23N3O5S. The van der Waals surface area contributed by atoms with Crippen LogP contribution < -0.4 is 15.0 Å². The van der Waals surface area contributed by atoms with Crippen molar-refractivity contribution in [3.05, 3.63) is 52.6 Å². The second kappa shape index (κ2) is 8.05. The van der Waals surface area contributed by atoms with Gasteiger partial charge in [0.1, 0.15) is 10.6 Å². The molecule has 0 aliphatic carbocycles. The van der Waals surface area contributed by atoms with Gasteiger partial charge in [-0.2, -0.15) is 0 Å². The number of hydrogen-bond acceptors (Lipinski definition) is 7. The van der Waals surface area contributed by atoms with Crippen LogP contribution >= 0.6 is 0 Å². The third kappa shape index (κ3) is 4.53. The normalized spacial score (nSPS) is 17.2. The molecule has 150 valence electrons. The quantitative estimate of drug-likeness (QED) is 0.582. The van der Waals surface area contributed by atoms with Crippen LogP contribution in [-0.2, 0) is 9.84 Å². The minimum atomic E-state index is -3.71. The van der Waals surface area contributed by atoms with E-state index in [1.165, 1.54) is 12.1 Å². The van der Waals surface area contributed by atoms with E-state index in [0.29, 0.717) is 5.69 Å². The zero-order valence-electron chi connectivity index (χ0n) is 15.8. The minimum absolute atomic E-state index is 0.0915. The highest BCUT2D eigenvalue weighted by molar-refractivity contribution is 7.90. The van der Waals surface area contributed by atoms with E-state index in [2.05, 4.69) is 10.2 Å². The summed E-state index contributed by atoms with van der Waals surface area (Å²) in [5.74, 6) is 0.792. The van der Waals surface area contributed by atoms with Crippen LogP contribution in [0, 0.1) is 10.1 Å². The number of nitro benzene ring substituents is 1. The minimum Gasteiger partial charge on any atom is -0.497 e. The van der Waals surface area contributed by atoms with Gasteiger partial charge in [0.25, 0.3) is 5.69 Å². The Bertz CT molecular complexity index is 977. The van der Waals surface area contributed by atoms with Gasteiger partial charge in [0.05, 0.1) is 12.0 Å². The first-order valence-corrected chi connectivity index (χ1v) is 10.8. The predicted octanol–water partition coefficient (Wildman–Crippen LogP) is 3.09. The molecular weight excluding hydrogens is 382 g/mol. The summed E-state index contributed by atoms with van der Waals surface area (Å²) >= 11 is 0. The van der Waals surface area contributed by atoms with Gasteiger partial charge < -0.3 is 15.0 Å². The number of rotatable bonds is 6. The summed E-state index contributed by atoms with van der Waals surface area (Å²) in [7, 11) is -2.08. The highest BCUT2D eigenvalue weighted by Gasteiger charge is 2.24. The summed E-state index contributed by atoms with van der Waals surface area (Å²) < 4.78 is 29.2. The van der Waals surface area contributed by atoms with Crippen LogP contribution in [0.5, 0.6) is 5.75 Å². The van der Waals surface area contributed by atoms with Gasteiger partial charge in [0.2, 0.25) is 0 Å². The number of ether oxygens (including phenoxy) is 1. The molecule has 3 rings (SSSR count). The third-order valence-electron chi connectivity index (χ3n) is 4.77. The standard InChI is InChI=1S/C19H23N3O5S/c1-27-17-7-3-6-16(12-17)21-10-4-5-15(13-21)20-14-8-9-18(22(23)24)19(11-14)28(2,25)26/h3,6-9,11-12,15,20H,4-5,10,13H2,1-2H3. The van der Waals surface area contributed by atoms with E-state index in [-0.39, 0.29) is 10.9 Å². The van der Waals surface area contributed by atoms with Crippen LogP contribution in [0.4, 0.5) is 17.1 Å². The summed E-state index contributed by atoms with van der Waals surface area (Å²) in [6.45, 7) is 1.65. The Kier molecular flexibility index (Phi) is 5.73. The van der Waals surface area contributed by atoms with Gasteiger partial charge in [0.15, 0.2) is 9.84 Å². The lowest BCUT2D eigenvalue weighted by Crippen LogP contribution is -2.42. The maximum atomic E-state index is 11.9. The van der Waals surface area contributed by atoms with Crippen LogP contribution in [0.15, 0.2) is 47.4 Å². The lowest BCUT2D eigenvalue weighted by molar-refractivity contribution is -0.387. The Hall–Kier alpha value is -2.81. The van der Waals surface area contributed by atoms with Crippen molar-refractivity contribution in [3.63, 3.8) is 0 Å². The Balaban J connectivity index is 1.79. The third-order valence-corrected chi connectivity index (χ3v) is 5.89. The van der Waals surface area contributed by atoms with Gasteiger partial charge in [-0.15, -0.1) is 0 Å². The zero-order valence-corrected chi connectivity index (χ0v) is 16.6. The topological polar surface area (TPSA) is 102 Å². The summed E-state index contributed by atoms with van der Waals surface area (Å²) in [5, 5.41) is 14.5. The van der Waals surface area contributed by atoms with Gasteiger partial charge in [-0.1, -0.05) is 6.07 Å². The SMILES string of the molecule is COc1cccc(N2CCCC(Nc3ccc([N+](=O)[O-])c(S(C)(=O)=O)c3)C2)c1. The largest absolute Gasteiger partial charge is 0.497 e. The molecule has 0 aromatic heterocycles. The molecule has 0 spiro atoms. The number of nitrogens with one attached hydrogen (secondary N) is 1. The number of benzene rings is 2. The van der Waals surface area contributed by atoms with Crippen molar-refractivity contribution in [1.82, 2.24) is 0 Å². The fourth-order valence-corrected chi connectivity index (χ4v) is 4.29. The Morgan fingerprint density at radius 2 is 2.04 bits per heavy atom. The van der Waals surface area contributed by atoms with E-state index in [0.717, 1.165) is 43.6 Å². The van der Waals surface area contributed by atoms with Crippen molar-refractivity contribution >= 4 is 26.9 Å². The second-order valence-corrected chi connectivity index (χ2v) is 8.83. The Morgan fingerprint density at radius 3 is 2.71 bits per heavy atom. The van der Waals surface area contributed by atoms with Gasteiger partial charge in [-0.3, -0.25) is 10.1 Å². The maximum absolute atomic E-state index is 11.9. The van der Waals surface area contributed by atoms with E-state index in [9.17, 15) is 18.5 Å². The molecule has 1 aliphatic heterocycles. The predicted molar refractivity (Wildman–Crippen MR) is 108 cm³/mol. The van der Waals surface area contributed by atoms with Crippen molar-refractivity contribution < 1.29 is 18.1 Å². The molecule has 1 saturated heterocycles. The van der Waals surface area contributed by atoms with Gasteiger partial charge >= 0.3 is 0 Å². The Morgan fingerprint density at radius 1 is 1.25 bits per heavy atom. The lowest BCUT2D eigenvalue weighted by Gasteiger charge is -2.35. The van der Waals surface area contributed by atoms with Crippen LogP contribution in [0.1, 0.15) is 12.8 Å². The molecule has 0 radical (unpaired) electrons. The first kappa shape index (κ1) is 19.9. The number of sulfone groups is 1. The number of piperidine rings is 1. The summed E-state index contributed by atoms with van der Waals surface area (Å²) in [5.41, 5.74) is 1.21. The van der Waals surface area contributed by atoms with Crippen LogP contribution in [-0.4, -0.2) is 45.8 Å². The van der Waals surface area contributed by atoms with Crippen molar-refractivity contribution in [1.29, 1.82) is 0 Å². The van der Waals surface area contributed by atoms with Gasteiger partial charge in [-0.05, 0) is 37.1 Å². The maximum Gasteiger partial charge on any atom is 0.288 e. The van der Waals surface area contributed by atoms with E-state index in [1.54, 1.807) is 13.2 Å². The molecule has 1 heterocycles. The first-order chi connectivity index (χ1) is 13.3. The number of anilines is 2. The monoisotopic (exact) mass is 405 g/mol. The van der Waals surface area contributed by atoms with E-state index >= 15 is 0 Å². The highest BCUT2D eigenvalue weighted by Crippen LogP contribution is 2.29. The molecule has 8 nitrogen and oxygen atoms in total. The molecule has 0 bridgehead atoms. The average Bonchev–Trinajstić information content (AvgIpc) is 2.67. The molecule has 0 saturated carbocycles. The fraction of sp³-hybridized carbons (Fsp3) is 0.368. The van der Waals surface area contributed by atoms with Gasteiger partial charge in [0, 0.05) is 48.9 Å². The molecule has 28 heavy (non-hydrogen) atoms. The Labute approximate surface area is 164 Å². The molecule has 1 unspecified atom stereocenters. The van der Waals surface area contributed by atoms with E-state index in [4.69, 9.17) is 4.74 Å². The lowest BCUT2D eigenvalue weighted by atomic mass is 10.0. The molecule has 1 aliphatic rings. The van der Waals surface area contributed by atoms with Crippen molar-refractivity contribution in [2.75, 3.05) is 36.7 Å². The summed E-state index contributed by atoms with van der Waals surface area (Å²) in [6, 6.07) is 12.1. The van der Waals surface area contributed by atoms with Crippen molar-refractivity contribution in [2.45, 2.75) is 23.8 Å². The summed E-state index contributed by atoms with van der Waals surface area (Å²) in [4.78, 5) is 12.4. The molecule has 2 aromatic carbocycles. The molecule has 1 N–H and O–H groups in total. The first-order valence-electron chi connectivity index (χ1n) is 8.92. The molecule has 1 atom stereocenters. The van der Waals surface area contributed by atoms with E-state index < -0.39 is 20.4 Å². The molecule has 1 fully saturated rings. The smallest absolute Gasteiger partial charge is 0.288 e. The van der Waals surface area contributed by atoms with Crippen LogP contribution in [0.25, 0.3) is 0 Å². The van der Waals surface area contributed by atoms with E-state index in [1.807, 2.05) is 24.3 Å². The zero-order chi connectivity index (χ0) is 20.3. The van der Waals surface area contributed by atoms with Crippen molar-refractivity contribution in [2.24, 2.45) is 0 Å². The highest BCUT2D eigenvalue weighted by atomic mass is 32.2. The van der Waals surface area contributed by atoms with Crippen LogP contribution in [0.2, 0.25) is 0 Å². The van der Waals surface area contributed by atoms with Gasteiger partial charge in [-0.25, -0.2) is 8.42 Å². The van der Waals surface area contributed by atoms with Crippen molar-refractivity contribution in [3.8, 4) is 5.75 Å². The molecule has 2 aromatic rings. The fourth-order valence-electron chi connectivity index (χ4n) is 3.42. The number of hydrogen-bond donors (Lipinski definition) is 1. The number of nitrogens with zero attached hydrogens (tertiary/aromatic N) is 2. The van der Waals surface area contributed by atoms with Crippen LogP contribution in [0.3, 0.4) is 0 Å². The average molecular weight is 405 g/mol. The molecule has 9 heteroatoms. The molecule has 0 amide bonds. The summed E-state index contributed by atoms with van der Waals surface area (Å²) in [6.07, 6.45) is 2.87. The second-order valence-electron chi connectivity index (χ2n) is 6.84. The number of nitro groups is 1.